The van der Waals surface area contributed by atoms with Crippen LogP contribution in [0.3, 0.4) is 0 Å². The molecule has 1 aromatic carbocycles. The van der Waals surface area contributed by atoms with Gasteiger partial charge < -0.3 is 14.9 Å². The summed E-state index contributed by atoms with van der Waals surface area (Å²) in [7, 11) is 0. The van der Waals surface area contributed by atoms with Crippen LogP contribution in [-0.4, -0.2) is 68.4 Å². The van der Waals surface area contributed by atoms with E-state index in [-0.39, 0.29) is 5.82 Å². The van der Waals surface area contributed by atoms with E-state index < -0.39 is 10.5 Å². The van der Waals surface area contributed by atoms with Crippen molar-refractivity contribution in [2.75, 3.05) is 32.7 Å². The molecule has 4 rings (SSSR count). The molecule has 0 bridgehead atoms. The summed E-state index contributed by atoms with van der Waals surface area (Å²) in [4.78, 5) is 16.6. The Balaban J connectivity index is 1.31. The molecule has 9 nitrogen and oxygen atoms in total. The lowest BCUT2D eigenvalue weighted by Gasteiger charge is -2.37. The number of hydrogen-bond acceptors (Lipinski definition) is 7. The number of imidazole rings is 1. The standard InChI is InChI=1S/C19H23ClN6O3/c1-14(15-3-5-16(20)6-4-15)22-25-9-7-23(8-10-25)12-19(2)13-24-11-17(26(27)28)21-18(24)29-19/h3-6,11H,7-10,12-13H2,1-2H3/t19-/m0/s1. The second kappa shape index (κ2) is 7.64. The van der Waals surface area contributed by atoms with Crippen molar-refractivity contribution < 1.29 is 9.66 Å². The second-order valence-corrected chi connectivity index (χ2v) is 8.18. The molecule has 1 aromatic heterocycles. The summed E-state index contributed by atoms with van der Waals surface area (Å²) in [5.41, 5.74) is 1.59. The molecule has 0 N–H and O–H groups in total. The Morgan fingerprint density at radius 1 is 1.31 bits per heavy atom. The van der Waals surface area contributed by atoms with Crippen molar-refractivity contribution in [3.63, 3.8) is 0 Å². The van der Waals surface area contributed by atoms with Gasteiger partial charge in [0, 0.05) is 42.7 Å². The smallest absolute Gasteiger partial charge is 0.415 e. The molecule has 0 unspecified atom stereocenters. The van der Waals surface area contributed by atoms with Crippen LogP contribution < -0.4 is 4.74 Å². The fourth-order valence-corrected chi connectivity index (χ4v) is 3.92. The quantitative estimate of drug-likeness (QED) is 0.421. The summed E-state index contributed by atoms with van der Waals surface area (Å²) in [6.07, 6.45) is 1.44. The molecule has 3 heterocycles. The van der Waals surface area contributed by atoms with Crippen LogP contribution in [0.15, 0.2) is 35.6 Å². The second-order valence-electron chi connectivity index (χ2n) is 7.74. The zero-order valence-electron chi connectivity index (χ0n) is 16.4. The van der Waals surface area contributed by atoms with E-state index in [0.717, 1.165) is 44.0 Å². The van der Waals surface area contributed by atoms with E-state index >= 15 is 0 Å². The number of ether oxygens (including phenoxy) is 1. The first-order valence-corrected chi connectivity index (χ1v) is 9.88. The molecule has 0 amide bonds. The fraction of sp³-hybridized carbons (Fsp3) is 0.474. The third kappa shape index (κ3) is 4.35. The van der Waals surface area contributed by atoms with Crippen molar-refractivity contribution in [3.8, 4) is 6.01 Å². The molecule has 0 saturated carbocycles. The van der Waals surface area contributed by atoms with E-state index in [0.29, 0.717) is 17.6 Å². The molecule has 2 aliphatic rings. The molecule has 1 atom stereocenters. The minimum atomic E-state index is -0.502. The van der Waals surface area contributed by atoms with Crippen LogP contribution in [0.4, 0.5) is 5.82 Å². The van der Waals surface area contributed by atoms with E-state index in [1.807, 2.05) is 38.1 Å². The number of nitro groups is 1. The summed E-state index contributed by atoms with van der Waals surface area (Å²) < 4.78 is 7.66. The maximum atomic E-state index is 10.8. The first-order chi connectivity index (χ1) is 13.8. The molecule has 1 saturated heterocycles. The van der Waals surface area contributed by atoms with Crippen LogP contribution in [0.1, 0.15) is 19.4 Å². The summed E-state index contributed by atoms with van der Waals surface area (Å²) in [5.74, 6) is -0.176. The summed E-state index contributed by atoms with van der Waals surface area (Å²) in [6.45, 7) is 8.72. The molecule has 2 aliphatic heterocycles. The van der Waals surface area contributed by atoms with Crippen LogP contribution in [0.25, 0.3) is 0 Å². The first-order valence-electron chi connectivity index (χ1n) is 9.50. The monoisotopic (exact) mass is 418 g/mol. The highest BCUT2D eigenvalue weighted by Gasteiger charge is 2.41. The number of hydrazone groups is 1. The Bertz CT molecular complexity index is 910. The number of aromatic nitrogens is 2. The molecule has 10 heteroatoms. The molecule has 0 aliphatic carbocycles. The molecule has 0 spiro atoms. The Morgan fingerprint density at radius 2 is 2.00 bits per heavy atom. The SMILES string of the molecule is CC(=NN1CCN(C[C@@]2(C)Cn3cc([N+](=O)[O-])nc3O2)CC1)c1ccc(Cl)cc1. The summed E-state index contributed by atoms with van der Waals surface area (Å²) >= 11 is 5.95. The van der Waals surface area contributed by atoms with E-state index in [2.05, 4.69) is 14.9 Å². The highest BCUT2D eigenvalue weighted by Crippen LogP contribution is 2.31. The predicted molar refractivity (Wildman–Crippen MR) is 110 cm³/mol. The van der Waals surface area contributed by atoms with Crippen LogP contribution in [0.5, 0.6) is 6.01 Å². The number of halogens is 1. The predicted octanol–water partition coefficient (Wildman–Crippen LogP) is 2.64. The van der Waals surface area contributed by atoms with Crippen molar-refractivity contribution in [1.29, 1.82) is 0 Å². The molecule has 2 aromatic rings. The fourth-order valence-electron chi connectivity index (χ4n) is 3.79. The van der Waals surface area contributed by atoms with Crippen molar-refractivity contribution in [2.45, 2.75) is 26.0 Å². The van der Waals surface area contributed by atoms with E-state index in [9.17, 15) is 10.1 Å². The van der Waals surface area contributed by atoms with Gasteiger partial charge in [0.1, 0.15) is 11.8 Å². The third-order valence-corrected chi connectivity index (χ3v) is 5.47. The van der Waals surface area contributed by atoms with Crippen molar-refractivity contribution in [3.05, 3.63) is 51.2 Å². The van der Waals surface area contributed by atoms with Gasteiger partial charge in [0.05, 0.1) is 12.3 Å². The van der Waals surface area contributed by atoms with Crippen LogP contribution in [0, 0.1) is 10.1 Å². The van der Waals surface area contributed by atoms with Gasteiger partial charge in [-0.25, -0.2) is 0 Å². The van der Waals surface area contributed by atoms with Gasteiger partial charge in [-0.15, -0.1) is 0 Å². The number of rotatable bonds is 5. The molecule has 1 fully saturated rings. The molecular formula is C19H23ClN6O3. The molecule has 154 valence electrons. The van der Waals surface area contributed by atoms with Gasteiger partial charge in [0.15, 0.2) is 0 Å². The Labute approximate surface area is 173 Å². The maximum absolute atomic E-state index is 10.8. The van der Waals surface area contributed by atoms with Crippen molar-refractivity contribution in [2.24, 2.45) is 5.10 Å². The van der Waals surface area contributed by atoms with Gasteiger partial charge in [-0.2, -0.15) is 5.10 Å². The van der Waals surface area contributed by atoms with E-state index in [1.54, 1.807) is 4.57 Å². The molecular weight excluding hydrogens is 396 g/mol. The maximum Gasteiger partial charge on any atom is 0.415 e. The van der Waals surface area contributed by atoms with Crippen molar-refractivity contribution in [1.82, 2.24) is 19.5 Å². The van der Waals surface area contributed by atoms with Gasteiger partial charge in [0.2, 0.25) is 0 Å². The van der Waals surface area contributed by atoms with Gasteiger partial charge >= 0.3 is 11.8 Å². The Morgan fingerprint density at radius 3 is 2.62 bits per heavy atom. The average molecular weight is 419 g/mol. The minimum Gasteiger partial charge on any atom is -0.436 e. The summed E-state index contributed by atoms with van der Waals surface area (Å²) in [6, 6.07) is 8.01. The van der Waals surface area contributed by atoms with E-state index in [4.69, 9.17) is 21.4 Å². The number of nitrogens with zero attached hydrogens (tertiary/aromatic N) is 6. The topological polar surface area (TPSA) is 89.0 Å². The van der Waals surface area contributed by atoms with E-state index in [1.165, 1.54) is 6.20 Å². The van der Waals surface area contributed by atoms with Gasteiger partial charge in [-0.05, 0) is 36.5 Å². The largest absolute Gasteiger partial charge is 0.436 e. The van der Waals surface area contributed by atoms with Crippen LogP contribution >= 0.6 is 11.6 Å². The number of benzene rings is 1. The normalized spacial score (nSPS) is 22.4. The molecule has 29 heavy (non-hydrogen) atoms. The lowest BCUT2D eigenvalue weighted by atomic mass is 10.1. The van der Waals surface area contributed by atoms with Gasteiger partial charge in [-0.3, -0.25) is 14.5 Å². The van der Waals surface area contributed by atoms with Crippen molar-refractivity contribution >= 4 is 23.1 Å². The highest BCUT2D eigenvalue weighted by molar-refractivity contribution is 6.30. The number of hydrogen-bond donors (Lipinski definition) is 0. The zero-order valence-corrected chi connectivity index (χ0v) is 17.2. The average Bonchev–Trinajstić information content (AvgIpc) is 3.19. The van der Waals surface area contributed by atoms with Gasteiger partial charge in [0.25, 0.3) is 0 Å². The highest BCUT2D eigenvalue weighted by atomic mass is 35.5. The first kappa shape index (κ1) is 19.7. The van der Waals surface area contributed by atoms with Crippen LogP contribution in [0.2, 0.25) is 5.02 Å². The van der Waals surface area contributed by atoms with Crippen LogP contribution in [-0.2, 0) is 6.54 Å². The lowest BCUT2D eigenvalue weighted by Crippen LogP contribution is -2.51. The number of fused-ring (bicyclic) bond motifs is 1. The lowest BCUT2D eigenvalue weighted by molar-refractivity contribution is -0.389. The number of piperazine rings is 1. The minimum absolute atomic E-state index is 0.176. The summed E-state index contributed by atoms with van der Waals surface area (Å²) in [5, 5.41) is 18.4. The van der Waals surface area contributed by atoms with Gasteiger partial charge in [-0.1, -0.05) is 23.7 Å². The molecule has 0 radical (unpaired) electrons. The zero-order chi connectivity index (χ0) is 20.6. The Kier molecular flexibility index (Phi) is 5.18. The Hall–Kier alpha value is -2.65. The third-order valence-electron chi connectivity index (χ3n) is 5.22.